The van der Waals surface area contributed by atoms with Gasteiger partial charge < -0.3 is 25.0 Å². The molecule has 7 heteroatoms. The molecule has 2 aromatic rings. The lowest BCUT2D eigenvalue weighted by Crippen LogP contribution is -2.28. The molecule has 2 heterocycles. The Kier molecular flexibility index (Phi) is 5.78. The highest BCUT2D eigenvalue weighted by molar-refractivity contribution is 5.89. The number of methoxy groups -OCH3 is 2. The van der Waals surface area contributed by atoms with Crippen molar-refractivity contribution in [2.75, 3.05) is 37.5 Å². The molecule has 2 N–H and O–H groups in total. The van der Waals surface area contributed by atoms with Gasteiger partial charge in [0.1, 0.15) is 5.82 Å². The SMILES string of the molecule is COc1ccc(NC(=O)NCc2ccc(N3CCCC3)nc2)cc1OC. The molecule has 2 amide bonds. The van der Waals surface area contributed by atoms with Crippen molar-refractivity contribution in [2.24, 2.45) is 0 Å². The van der Waals surface area contributed by atoms with E-state index in [4.69, 9.17) is 9.47 Å². The molecule has 138 valence electrons. The number of rotatable bonds is 6. The monoisotopic (exact) mass is 356 g/mol. The van der Waals surface area contributed by atoms with Crippen LogP contribution < -0.4 is 25.0 Å². The number of amides is 2. The molecule has 0 atom stereocenters. The molecule has 7 nitrogen and oxygen atoms in total. The number of nitrogens with one attached hydrogen (secondary N) is 2. The van der Waals surface area contributed by atoms with Crippen LogP contribution in [0.5, 0.6) is 11.5 Å². The van der Waals surface area contributed by atoms with Gasteiger partial charge in [-0.1, -0.05) is 6.07 Å². The molecule has 0 spiro atoms. The van der Waals surface area contributed by atoms with Crippen LogP contribution in [0.15, 0.2) is 36.5 Å². The van der Waals surface area contributed by atoms with Gasteiger partial charge in [-0.15, -0.1) is 0 Å². The third kappa shape index (κ3) is 4.36. The fourth-order valence-electron chi connectivity index (χ4n) is 2.93. The number of hydrogen-bond acceptors (Lipinski definition) is 5. The third-order valence-electron chi connectivity index (χ3n) is 4.33. The van der Waals surface area contributed by atoms with E-state index in [0.717, 1.165) is 24.5 Å². The summed E-state index contributed by atoms with van der Waals surface area (Å²) in [5.74, 6) is 2.18. The Hall–Kier alpha value is -2.96. The summed E-state index contributed by atoms with van der Waals surface area (Å²) in [5.41, 5.74) is 1.58. The minimum absolute atomic E-state index is 0.291. The second-order valence-electron chi connectivity index (χ2n) is 6.10. The molecule has 3 rings (SSSR count). The highest BCUT2D eigenvalue weighted by Gasteiger charge is 2.13. The zero-order chi connectivity index (χ0) is 18.4. The Bertz CT molecular complexity index is 743. The Morgan fingerprint density at radius 2 is 1.88 bits per heavy atom. The summed E-state index contributed by atoms with van der Waals surface area (Å²) in [6.07, 6.45) is 4.26. The van der Waals surface area contributed by atoms with E-state index in [1.807, 2.05) is 18.3 Å². The zero-order valence-electron chi connectivity index (χ0n) is 15.1. The molecule has 0 bridgehead atoms. The maximum Gasteiger partial charge on any atom is 0.319 e. The molecule has 1 aliphatic heterocycles. The van der Waals surface area contributed by atoms with Crippen molar-refractivity contribution in [2.45, 2.75) is 19.4 Å². The molecular formula is C19H24N4O3. The van der Waals surface area contributed by atoms with Crippen LogP contribution in [0.2, 0.25) is 0 Å². The van der Waals surface area contributed by atoms with Gasteiger partial charge in [-0.05, 0) is 36.6 Å². The largest absolute Gasteiger partial charge is 0.493 e. The highest BCUT2D eigenvalue weighted by Crippen LogP contribution is 2.29. The fraction of sp³-hybridized carbons (Fsp3) is 0.368. The Morgan fingerprint density at radius 1 is 1.12 bits per heavy atom. The molecule has 1 saturated heterocycles. The molecule has 26 heavy (non-hydrogen) atoms. The Balaban J connectivity index is 1.52. The first kappa shape index (κ1) is 17.8. The third-order valence-corrected chi connectivity index (χ3v) is 4.33. The molecule has 0 unspecified atom stereocenters. The Morgan fingerprint density at radius 3 is 2.54 bits per heavy atom. The molecule has 0 aliphatic carbocycles. The zero-order valence-corrected chi connectivity index (χ0v) is 15.1. The minimum Gasteiger partial charge on any atom is -0.493 e. The number of nitrogens with zero attached hydrogens (tertiary/aromatic N) is 2. The van der Waals surface area contributed by atoms with Gasteiger partial charge in [0.25, 0.3) is 0 Å². The molecule has 1 aromatic carbocycles. The van der Waals surface area contributed by atoms with E-state index in [9.17, 15) is 4.79 Å². The number of aromatic nitrogens is 1. The van der Waals surface area contributed by atoms with Crippen LogP contribution in [0, 0.1) is 0 Å². The summed E-state index contributed by atoms with van der Waals surface area (Å²) in [6, 6.07) is 8.93. The van der Waals surface area contributed by atoms with E-state index >= 15 is 0 Å². The van der Waals surface area contributed by atoms with Crippen molar-refractivity contribution in [1.29, 1.82) is 0 Å². The quantitative estimate of drug-likeness (QED) is 0.832. The van der Waals surface area contributed by atoms with Gasteiger partial charge in [0, 0.05) is 37.6 Å². The van der Waals surface area contributed by atoms with Crippen molar-refractivity contribution in [1.82, 2.24) is 10.3 Å². The normalized spacial score (nSPS) is 13.4. The smallest absolute Gasteiger partial charge is 0.319 e. The molecule has 1 aliphatic rings. The fourth-order valence-corrected chi connectivity index (χ4v) is 2.93. The first-order valence-corrected chi connectivity index (χ1v) is 8.66. The average Bonchev–Trinajstić information content (AvgIpc) is 3.21. The van der Waals surface area contributed by atoms with E-state index in [-0.39, 0.29) is 6.03 Å². The lowest BCUT2D eigenvalue weighted by molar-refractivity contribution is 0.251. The number of pyridine rings is 1. The number of hydrogen-bond donors (Lipinski definition) is 2. The van der Waals surface area contributed by atoms with Crippen molar-refractivity contribution >= 4 is 17.5 Å². The summed E-state index contributed by atoms with van der Waals surface area (Å²) in [6.45, 7) is 2.54. The average molecular weight is 356 g/mol. The first-order valence-electron chi connectivity index (χ1n) is 8.66. The van der Waals surface area contributed by atoms with Crippen LogP contribution in [-0.2, 0) is 6.54 Å². The maximum absolute atomic E-state index is 12.1. The van der Waals surface area contributed by atoms with Crippen LogP contribution in [0.25, 0.3) is 0 Å². The number of urea groups is 1. The lowest BCUT2D eigenvalue weighted by atomic mass is 10.2. The summed E-state index contributed by atoms with van der Waals surface area (Å²) in [5, 5.41) is 5.61. The number of anilines is 2. The second-order valence-corrected chi connectivity index (χ2v) is 6.10. The molecule has 0 radical (unpaired) electrons. The van der Waals surface area contributed by atoms with Crippen molar-refractivity contribution < 1.29 is 14.3 Å². The predicted molar refractivity (Wildman–Crippen MR) is 101 cm³/mol. The van der Waals surface area contributed by atoms with Gasteiger partial charge >= 0.3 is 6.03 Å². The van der Waals surface area contributed by atoms with E-state index in [1.165, 1.54) is 12.8 Å². The van der Waals surface area contributed by atoms with Crippen LogP contribution in [0.3, 0.4) is 0 Å². The second kappa shape index (κ2) is 8.42. The van der Waals surface area contributed by atoms with Gasteiger partial charge in [-0.25, -0.2) is 9.78 Å². The Labute approximate surface area is 153 Å². The standard InChI is InChI=1S/C19H24N4O3/c1-25-16-7-6-15(11-17(16)26-2)22-19(24)21-13-14-5-8-18(20-12-14)23-9-3-4-10-23/h5-8,11-12H,3-4,9-10,13H2,1-2H3,(H2,21,22,24). The van der Waals surface area contributed by atoms with Crippen LogP contribution in [-0.4, -0.2) is 38.3 Å². The number of benzene rings is 1. The molecule has 1 fully saturated rings. The molecule has 1 aromatic heterocycles. The number of ether oxygens (including phenoxy) is 2. The van der Waals surface area contributed by atoms with E-state index in [1.54, 1.807) is 32.4 Å². The van der Waals surface area contributed by atoms with Crippen molar-refractivity contribution in [3.8, 4) is 11.5 Å². The van der Waals surface area contributed by atoms with Gasteiger partial charge in [0.15, 0.2) is 11.5 Å². The van der Waals surface area contributed by atoms with Gasteiger partial charge in [-0.3, -0.25) is 0 Å². The first-order chi connectivity index (χ1) is 12.7. The minimum atomic E-state index is -0.291. The topological polar surface area (TPSA) is 75.7 Å². The van der Waals surface area contributed by atoms with Crippen LogP contribution in [0.4, 0.5) is 16.3 Å². The van der Waals surface area contributed by atoms with E-state index in [0.29, 0.717) is 23.7 Å². The van der Waals surface area contributed by atoms with Gasteiger partial charge in [0.2, 0.25) is 0 Å². The van der Waals surface area contributed by atoms with E-state index in [2.05, 4.69) is 20.5 Å². The molecular weight excluding hydrogens is 332 g/mol. The van der Waals surface area contributed by atoms with Gasteiger partial charge in [-0.2, -0.15) is 0 Å². The van der Waals surface area contributed by atoms with Crippen molar-refractivity contribution in [3.63, 3.8) is 0 Å². The summed E-state index contributed by atoms with van der Waals surface area (Å²) >= 11 is 0. The van der Waals surface area contributed by atoms with Crippen molar-refractivity contribution in [3.05, 3.63) is 42.1 Å². The summed E-state index contributed by atoms with van der Waals surface area (Å²) < 4.78 is 10.4. The number of carbonyl (C=O) groups excluding carboxylic acids is 1. The van der Waals surface area contributed by atoms with Crippen LogP contribution >= 0.6 is 0 Å². The summed E-state index contributed by atoms with van der Waals surface area (Å²) in [4.78, 5) is 18.9. The summed E-state index contributed by atoms with van der Waals surface area (Å²) in [7, 11) is 3.13. The predicted octanol–water partition coefficient (Wildman–Crippen LogP) is 3.02. The highest BCUT2D eigenvalue weighted by atomic mass is 16.5. The lowest BCUT2D eigenvalue weighted by Gasteiger charge is -2.16. The van der Waals surface area contributed by atoms with E-state index < -0.39 is 0 Å². The van der Waals surface area contributed by atoms with Gasteiger partial charge in [0.05, 0.1) is 14.2 Å². The van der Waals surface area contributed by atoms with Crippen LogP contribution in [0.1, 0.15) is 18.4 Å². The number of carbonyl (C=O) groups is 1. The molecule has 0 saturated carbocycles. The maximum atomic E-state index is 12.1.